The smallest absolute Gasteiger partial charge is 0.325 e. The SMILES string of the molecule is NC(=O)c1ccc(OCCCCCCP(=O)(O)O)cc1. The van der Waals surface area contributed by atoms with Gasteiger partial charge < -0.3 is 20.3 Å². The van der Waals surface area contributed by atoms with Crippen molar-refractivity contribution in [1.29, 1.82) is 0 Å². The monoisotopic (exact) mass is 301 g/mol. The molecule has 6 nitrogen and oxygen atoms in total. The van der Waals surface area contributed by atoms with E-state index in [9.17, 15) is 9.36 Å². The van der Waals surface area contributed by atoms with E-state index in [0.29, 0.717) is 24.3 Å². The van der Waals surface area contributed by atoms with Crippen LogP contribution in [0.15, 0.2) is 24.3 Å². The first-order valence-corrected chi connectivity index (χ1v) is 8.25. The highest BCUT2D eigenvalue weighted by Crippen LogP contribution is 2.35. The number of rotatable bonds is 9. The van der Waals surface area contributed by atoms with Gasteiger partial charge in [0, 0.05) is 11.7 Å². The molecule has 4 N–H and O–H groups in total. The van der Waals surface area contributed by atoms with Gasteiger partial charge in [0.15, 0.2) is 0 Å². The second-order valence-electron chi connectivity index (χ2n) is 4.54. The van der Waals surface area contributed by atoms with Crippen molar-refractivity contribution in [2.45, 2.75) is 25.7 Å². The molecule has 0 saturated carbocycles. The van der Waals surface area contributed by atoms with Crippen molar-refractivity contribution in [1.82, 2.24) is 0 Å². The summed E-state index contributed by atoms with van der Waals surface area (Å²) in [5, 5.41) is 0. The molecule has 0 unspecified atom stereocenters. The average Bonchev–Trinajstić information content (AvgIpc) is 2.37. The summed E-state index contributed by atoms with van der Waals surface area (Å²) >= 11 is 0. The van der Waals surface area contributed by atoms with Gasteiger partial charge in [0.05, 0.1) is 6.61 Å². The number of ether oxygens (including phenoxy) is 1. The first-order valence-electron chi connectivity index (χ1n) is 6.46. The Hall–Kier alpha value is -1.36. The van der Waals surface area contributed by atoms with Gasteiger partial charge in [-0.3, -0.25) is 9.36 Å². The Morgan fingerprint density at radius 3 is 2.25 bits per heavy atom. The molecule has 0 heterocycles. The molecule has 0 radical (unpaired) electrons. The van der Waals surface area contributed by atoms with Gasteiger partial charge in [-0.05, 0) is 37.1 Å². The van der Waals surface area contributed by atoms with Crippen LogP contribution in [0, 0.1) is 0 Å². The molecule has 0 fully saturated rings. The number of unbranched alkanes of at least 4 members (excludes halogenated alkanes) is 3. The van der Waals surface area contributed by atoms with Crippen molar-refractivity contribution in [3.8, 4) is 5.75 Å². The normalized spacial score (nSPS) is 11.3. The number of carbonyl (C=O) groups is 1. The lowest BCUT2D eigenvalue weighted by Gasteiger charge is -2.07. The number of carbonyl (C=O) groups excluding carboxylic acids is 1. The first kappa shape index (κ1) is 16.7. The number of nitrogens with two attached hydrogens (primary N) is 1. The fourth-order valence-corrected chi connectivity index (χ4v) is 2.31. The Morgan fingerprint density at radius 2 is 1.70 bits per heavy atom. The van der Waals surface area contributed by atoms with Crippen LogP contribution < -0.4 is 10.5 Å². The molecule has 1 rings (SSSR count). The summed E-state index contributed by atoms with van der Waals surface area (Å²) in [7, 11) is -3.85. The Kier molecular flexibility index (Phi) is 6.71. The fraction of sp³-hybridized carbons (Fsp3) is 0.462. The van der Waals surface area contributed by atoms with Gasteiger partial charge in [0.1, 0.15) is 5.75 Å². The number of hydrogen-bond acceptors (Lipinski definition) is 3. The molecule has 0 spiro atoms. The van der Waals surface area contributed by atoms with E-state index in [1.165, 1.54) is 0 Å². The van der Waals surface area contributed by atoms with Crippen molar-refractivity contribution >= 4 is 13.5 Å². The van der Waals surface area contributed by atoms with Crippen LogP contribution in [0.4, 0.5) is 0 Å². The van der Waals surface area contributed by atoms with Gasteiger partial charge in [-0.25, -0.2) is 0 Å². The summed E-state index contributed by atoms with van der Waals surface area (Å²) in [6, 6.07) is 6.59. The largest absolute Gasteiger partial charge is 0.494 e. The Morgan fingerprint density at radius 1 is 1.10 bits per heavy atom. The van der Waals surface area contributed by atoms with E-state index in [4.69, 9.17) is 20.3 Å². The summed E-state index contributed by atoms with van der Waals surface area (Å²) in [5.41, 5.74) is 5.57. The van der Waals surface area contributed by atoms with Gasteiger partial charge in [0.25, 0.3) is 0 Å². The molecule has 7 heteroatoms. The van der Waals surface area contributed by atoms with Crippen molar-refractivity contribution < 1.29 is 23.9 Å². The summed E-state index contributed by atoms with van der Waals surface area (Å²) in [6.07, 6.45) is 2.92. The molecule has 0 aromatic heterocycles. The third kappa shape index (κ3) is 7.28. The maximum atomic E-state index is 10.9. The quantitative estimate of drug-likeness (QED) is 0.476. The molecular formula is C13H20NO5P. The molecule has 1 aromatic carbocycles. The fourth-order valence-electron chi connectivity index (χ4n) is 1.68. The highest BCUT2D eigenvalue weighted by atomic mass is 31.2. The molecular weight excluding hydrogens is 281 g/mol. The molecule has 20 heavy (non-hydrogen) atoms. The van der Waals surface area contributed by atoms with E-state index in [0.717, 1.165) is 19.3 Å². The minimum Gasteiger partial charge on any atom is -0.494 e. The number of primary amides is 1. The Bertz CT molecular complexity index is 468. The molecule has 0 aliphatic heterocycles. The van der Waals surface area contributed by atoms with Crippen molar-refractivity contribution in [2.24, 2.45) is 5.73 Å². The molecule has 1 aromatic rings. The van der Waals surface area contributed by atoms with E-state index in [1.807, 2.05) is 0 Å². The van der Waals surface area contributed by atoms with E-state index >= 15 is 0 Å². The number of hydrogen-bond donors (Lipinski definition) is 3. The lowest BCUT2D eigenvalue weighted by molar-refractivity contribution is 0.1000. The molecule has 0 bridgehead atoms. The zero-order valence-corrected chi connectivity index (χ0v) is 12.1. The molecule has 1 amide bonds. The van der Waals surface area contributed by atoms with Crippen LogP contribution >= 0.6 is 7.60 Å². The Labute approximate surface area is 118 Å². The minimum atomic E-state index is -3.85. The predicted molar refractivity (Wildman–Crippen MR) is 75.8 cm³/mol. The van der Waals surface area contributed by atoms with Crippen LogP contribution in [-0.2, 0) is 4.57 Å². The standard InChI is InChI=1S/C13H20NO5P/c14-13(15)11-5-7-12(8-6-11)19-9-3-1-2-4-10-20(16,17)18/h5-8H,1-4,9-10H2,(H2,14,15)(H2,16,17,18). The van der Waals surface area contributed by atoms with E-state index in [1.54, 1.807) is 24.3 Å². The maximum absolute atomic E-state index is 10.9. The highest BCUT2D eigenvalue weighted by Gasteiger charge is 2.10. The van der Waals surface area contributed by atoms with Gasteiger partial charge in [-0.2, -0.15) is 0 Å². The van der Waals surface area contributed by atoms with Gasteiger partial charge in [0.2, 0.25) is 5.91 Å². The predicted octanol–water partition coefficient (Wildman–Crippen LogP) is 1.90. The second kappa shape index (κ2) is 8.04. The lowest BCUT2D eigenvalue weighted by atomic mass is 10.2. The van der Waals surface area contributed by atoms with Crippen LogP contribution in [-0.4, -0.2) is 28.5 Å². The summed E-state index contributed by atoms with van der Waals surface area (Å²) in [4.78, 5) is 28.2. The van der Waals surface area contributed by atoms with Gasteiger partial charge in [-0.15, -0.1) is 0 Å². The molecule has 112 valence electrons. The summed E-state index contributed by atoms with van der Waals surface area (Å²) < 4.78 is 16.1. The van der Waals surface area contributed by atoms with Crippen LogP contribution in [0.2, 0.25) is 0 Å². The molecule has 0 atom stereocenters. The third-order valence-corrected chi connectivity index (χ3v) is 3.65. The van der Waals surface area contributed by atoms with E-state index in [2.05, 4.69) is 0 Å². The zero-order valence-electron chi connectivity index (χ0n) is 11.2. The van der Waals surface area contributed by atoms with E-state index < -0.39 is 13.5 Å². The number of amides is 1. The van der Waals surface area contributed by atoms with Crippen LogP contribution in [0.1, 0.15) is 36.0 Å². The van der Waals surface area contributed by atoms with Crippen molar-refractivity contribution in [3.05, 3.63) is 29.8 Å². The first-order chi connectivity index (χ1) is 9.38. The number of benzene rings is 1. The molecule has 0 aliphatic carbocycles. The highest BCUT2D eigenvalue weighted by molar-refractivity contribution is 7.51. The van der Waals surface area contributed by atoms with Crippen molar-refractivity contribution in [3.63, 3.8) is 0 Å². The van der Waals surface area contributed by atoms with Crippen LogP contribution in [0.25, 0.3) is 0 Å². The third-order valence-electron chi connectivity index (χ3n) is 2.75. The van der Waals surface area contributed by atoms with Crippen molar-refractivity contribution in [2.75, 3.05) is 12.8 Å². The van der Waals surface area contributed by atoms with Crippen LogP contribution in [0.5, 0.6) is 5.75 Å². The topological polar surface area (TPSA) is 110 Å². The summed E-state index contributed by atoms with van der Waals surface area (Å²) in [6.45, 7) is 0.534. The lowest BCUT2D eigenvalue weighted by Crippen LogP contribution is -2.10. The van der Waals surface area contributed by atoms with Gasteiger partial charge in [-0.1, -0.05) is 12.8 Å². The maximum Gasteiger partial charge on any atom is 0.325 e. The van der Waals surface area contributed by atoms with Crippen LogP contribution in [0.3, 0.4) is 0 Å². The zero-order chi connectivity index (χ0) is 15.0. The molecule has 0 saturated heterocycles. The Balaban J connectivity index is 2.12. The second-order valence-corrected chi connectivity index (χ2v) is 6.32. The minimum absolute atomic E-state index is 0.0531. The van der Waals surface area contributed by atoms with Gasteiger partial charge >= 0.3 is 7.60 Å². The summed E-state index contributed by atoms with van der Waals surface area (Å²) in [5.74, 6) is 0.201. The van der Waals surface area contributed by atoms with E-state index in [-0.39, 0.29) is 6.16 Å². The molecule has 0 aliphatic rings. The average molecular weight is 301 g/mol.